The number of nitrogens with one attached hydrogen (secondary N) is 1. The van der Waals surface area contributed by atoms with E-state index in [1.807, 2.05) is 37.9 Å². The van der Waals surface area contributed by atoms with Crippen molar-refractivity contribution in [2.75, 3.05) is 13.1 Å². The Morgan fingerprint density at radius 3 is 2.29 bits per heavy atom. The molecular weight excluding hydrogens is 352 g/mol. The maximum atomic E-state index is 12.9. The number of likely N-dealkylation sites (tertiary alicyclic amines) is 1. The van der Waals surface area contributed by atoms with Crippen LogP contribution in [0.4, 0.5) is 0 Å². The molecule has 1 saturated heterocycles. The number of hydrogen-bond donors (Lipinski definition) is 1. The van der Waals surface area contributed by atoms with E-state index >= 15 is 0 Å². The van der Waals surface area contributed by atoms with Crippen LogP contribution in [0.2, 0.25) is 0 Å². The number of carbonyl (C=O) groups excluding carboxylic acids is 2. The first-order chi connectivity index (χ1) is 13.3. The maximum absolute atomic E-state index is 12.9. The molecule has 1 aliphatic carbocycles. The van der Waals surface area contributed by atoms with Gasteiger partial charge in [0, 0.05) is 37.9 Å². The number of aryl methyl sites for hydroxylation is 3. The summed E-state index contributed by atoms with van der Waals surface area (Å²) in [6.45, 7) is 5.66. The van der Waals surface area contributed by atoms with Gasteiger partial charge in [-0.3, -0.25) is 14.3 Å². The van der Waals surface area contributed by atoms with Crippen molar-refractivity contribution in [3.63, 3.8) is 0 Å². The Morgan fingerprint density at radius 1 is 1.07 bits per heavy atom. The SMILES string of the molecule is Cc1cc(C)cc(C(=O)N2CCC3(CC2)CC(NC(=O)c2cnn(C)c2)C3)c1. The molecule has 1 aromatic carbocycles. The Kier molecular flexibility index (Phi) is 4.73. The number of rotatable bonds is 3. The summed E-state index contributed by atoms with van der Waals surface area (Å²) in [5.41, 5.74) is 3.94. The van der Waals surface area contributed by atoms with E-state index in [4.69, 9.17) is 0 Å². The molecule has 0 bridgehead atoms. The highest BCUT2D eigenvalue weighted by Crippen LogP contribution is 2.49. The van der Waals surface area contributed by atoms with Crippen molar-refractivity contribution in [3.05, 3.63) is 52.8 Å². The first-order valence-corrected chi connectivity index (χ1v) is 10.0. The molecule has 4 rings (SSSR count). The van der Waals surface area contributed by atoms with Gasteiger partial charge in [0.15, 0.2) is 0 Å². The monoisotopic (exact) mass is 380 g/mol. The summed E-state index contributed by atoms with van der Waals surface area (Å²) < 4.78 is 1.64. The third kappa shape index (κ3) is 3.68. The lowest BCUT2D eigenvalue weighted by Gasteiger charge is -2.52. The zero-order valence-corrected chi connectivity index (χ0v) is 16.9. The van der Waals surface area contributed by atoms with Gasteiger partial charge in [-0.1, -0.05) is 17.2 Å². The van der Waals surface area contributed by atoms with Gasteiger partial charge in [-0.25, -0.2) is 0 Å². The van der Waals surface area contributed by atoms with Crippen LogP contribution in [0.5, 0.6) is 0 Å². The summed E-state index contributed by atoms with van der Waals surface area (Å²) in [5.74, 6) is 0.0952. The van der Waals surface area contributed by atoms with E-state index in [9.17, 15) is 9.59 Å². The van der Waals surface area contributed by atoms with E-state index in [2.05, 4.69) is 16.5 Å². The number of carbonyl (C=O) groups is 2. The van der Waals surface area contributed by atoms with Crippen molar-refractivity contribution in [1.29, 1.82) is 0 Å². The topological polar surface area (TPSA) is 67.2 Å². The molecule has 2 fully saturated rings. The Morgan fingerprint density at radius 2 is 1.71 bits per heavy atom. The molecule has 2 amide bonds. The van der Waals surface area contributed by atoms with Crippen LogP contribution in [0.3, 0.4) is 0 Å². The van der Waals surface area contributed by atoms with Gasteiger partial charge in [-0.05, 0) is 57.1 Å². The van der Waals surface area contributed by atoms with Gasteiger partial charge >= 0.3 is 0 Å². The molecule has 1 aromatic heterocycles. The van der Waals surface area contributed by atoms with Crippen molar-refractivity contribution in [3.8, 4) is 0 Å². The van der Waals surface area contributed by atoms with Crippen molar-refractivity contribution < 1.29 is 9.59 Å². The minimum absolute atomic E-state index is 0.0459. The smallest absolute Gasteiger partial charge is 0.254 e. The van der Waals surface area contributed by atoms with Crippen LogP contribution in [-0.2, 0) is 7.05 Å². The summed E-state index contributed by atoms with van der Waals surface area (Å²) in [6.07, 6.45) is 7.38. The number of nitrogens with zero attached hydrogens (tertiary/aromatic N) is 3. The van der Waals surface area contributed by atoms with Crippen molar-refractivity contribution >= 4 is 11.8 Å². The lowest BCUT2D eigenvalue weighted by atomic mass is 9.60. The molecule has 6 heteroatoms. The minimum Gasteiger partial charge on any atom is -0.349 e. The molecule has 1 saturated carbocycles. The number of piperidine rings is 1. The fourth-order valence-electron chi connectivity index (χ4n) is 4.77. The summed E-state index contributed by atoms with van der Waals surface area (Å²) in [6, 6.07) is 6.28. The predicted molar refractivity (Wildman–Crippen MR) is 107 cm³/mol. The van der Waals surface area contributed by atoms with Crippen LogP contribution < -0.4 is 5.32 Å². The van der Waals surface area contributed by atoms with E-state index in [0.29, 0.717) is 5.56 Å². The third-order valence-electron chi connectivity index (χ3n) is 6.24. The van der Waals surface area contributed by atoms with Crippen molar-refractivity contribution in [2.24, 2.45) is 12.5 Å². The van der Waals surface area contributed by atoms with Gasteiger partial charge in [0.05, 0.1) is 11.8 Å². The second kappa shape index (κ2) is 7.08. The van der Waals surface area contributed by atoms with Gasteiger partial charge in [0.2, 0.25) is 0 Å². The normalized spacial score (nSPS) is 18.8. The number of hydrogen-bond acceptors (Lipinski definition) is 3. The van der Waals surface area contributed by atoms with Crippen LogP contribution in [0.25, 0.3) is 0 Å². The Labute approximate surface area is 165 Å². The summed E-state index contributed by atoms with van der Waals surface area (Å²) >= 11 is 0. The molecule has 0 radical (unpaired) electrons. The van der Waals surface area contributed by atoms with Gasteiger partial charge in [-0.2, -0.15) is 5.10 Å². The van der Waals surface area contributed by atoms with Gasteiger partial charge in [0.1, 0.15) is 0 Å². The van der Waals surface area contributed by atoms with Crippen LogP contribution in [0, 0.1) is 19.3 Å². The largest absolute Gasteiger partial charge is 0.349 e. The third-order valence-corrected chi connectivity index (χ3v) is 6.24. The summed E-state index contributed by atoms with van der Waals surface area (Å²) in [5, 5.41) is 7.17. The Balaban J connectivity index is 1.29. The van der Waals surface area contributed by atoms with E-state index in [1.165, 1.54) is 0 Å². The average Bonchev–Trinajstić information content (AvgIpc) is 3.06. The zero-order chi connectivity index (χ0) is 19.9. The van der Waals surface area contributed by atoms with E-state index in [1.54, 1.807) is 17.1 Å². The maximum Gasteiger partial charge on any atom is 0.254 e. The molecule has 0 unspecified atom stereocenters. The molecule has 148 valence electrons. The van der Waals surface area contributed by atoms with Crippen molar-refractivity contribution in [1.82, 2.24) is 20.0 Å². The number of aromatic nitrogens is 2. The molecule has 2 aromatic rings. The average molecular weight is 380 g/mol. The quantitative estimate of drug-likeness (QED) is 0.890. The van der Waals surface area contributed by atoms with Crippen molar-refractivity contribution in [2.45, 2.75) is 45.6 Å². The Bertz CT molecular complexity index is 881. The highest BCUT2D eigenvalue weighted by Gasteiger charge is 2.46. The van der Waals surface area contributed by atoms with Crippen LogP contribution in [0.15, 0.2) is 30.6 Å². The summed E-state index contributed by atoms with van der Waals surface area (Å²) in [4.78, 5) is 27.1. The highest BCUT2D eigenvalue weighted by atomic mass is 16.2. The predicted octanol–water partition coefficient (Wildman–Crippen LogP) is 2.85. The number of benzene rings is 1. The van der Waals surface area contributed by atoms with E-state index in [0.717, 1.165) is 55.5 Å². The standard InChI is InChI=1S/C22H28N4O2/c1-15-8-16(2)10-17(9-15)21(28)26-6-4-22(5-7-26)11-19(12-22)24-20(27)18-13-23-25(3)14-18/h8-10,13-14,19H,4-7,11-12H2,1-3H3,(H,24,27). The van der Waals surface area contributed by atoms with Gasteiger partial charge in [0.25, 0.3) is 11.8 Å². The lowest BCUT2D eigenvalue weighted by molar-refractivity contribution is 0.00863. The van der Waals surface area contributed by atoms with Crippen LogP contribution >= 0.6 is 0 Å². The van der Waals surface area contributed by atoms with Crippen LogP contribution in [0.1, 0.15) is 57.5 Å². The first kappa shape index (κ1) is 18.7. The van der Waals surface area contributed by atoms with Crippen LogP contribution in [-0.4, -0.2) is 45.6 Å². The second-order valence-electron chi connectivity index (χ2n) is 8.65. The molecule has 1 aliphatic heterocycles. The minimum atomic E-state index is -0.0459. The fourth-order valence-corrected chi connectivity index (χ4v) is 4.77. The van der Waals surface area contributed by atoms with E-state index in [-0.39, 0.29) is 23.3 Å². The molecule has 0 atom stereocenters. The summed E-state index contributed by atoms with van der Waals surface area (Å²) in [7, 11) is 1.81. The molecule has 2 heterocycles. The molecular formula is C22H28N4O2. The van der Waals surface area contributed by atoms with E-state index < -0.39 is 0 Å². The zero-order valence-electron chi connectivity index (χ0n) is 16.9. The molecule has 28 heavy (non-hydrogen) atoms. The number of amides is 2. The highest BCUT2D eigenvalue weighted by molar-refractivity contribution is 5.95. The second-order valence-corrected chi connectivity index (χ2v) is 8.65. The molecule has 1 spiro atoms. The molecule has 6 nitrogen and oxygen atoms in total. The molecule has 1 N–H and O–H groups in total. The van der Waals surface area contributed by atoms with Gasteiger partial charge < -0.3 is 10.2 Å². The van der Waals surface area contributed by atoms with Gasteiger partial charge in [-0.15, -0.1) is 0 Å². The fraction of sp³-hybridized carbons (Fsp3) is 0.500. The lowest BCUT2D eigenvalue weighted by Crippen LogP contribution is -2.55. The molecule has 2 aliphatic rings. The Hall–Kier alpha value is -2.63. The first-order valence-electron chi connectivity index (χ1n) is 10.0.